The van der Waals surface area contributed by atoms with Crippen LogP contribution in [0.3, 0.4) is 0 Å². The fourth-order valence-electron chi connectivity index (χ4n) is 4.10. The molecule has 2 fully saturated rings. The van der Waals surface area contributed by atoms with Crippen LogP contribution in [0.25, 0.3) is 11.1 Å². The number of benzene rings is 1. The van der Waals surface area contributed by atoms with E-state index >= 15 is 0 Å². The summed E-state index contributed by atoms with van der Waals surface area (Å²) in [6.07, 6.45) is 5.43. The zero-order valence-electron chi connectivity index (χ0n) is 14.3. The number of nitrogens with one attached hydrogen (secondary N) is 1. The highest BCUT2D eigenvalue weighted by Crippen LogP contribution is 2.52. The minimum Gasteiger partial charge on any atom is -0.404 e. The summed E-state index contributed by atoms with van der Waals surface area (Å²) in [5, 5.41) is 8.42. The lowest BCUT2D eigenvalue weighted by Gasteiger charge is -2.27. The molecule has 0 bridgehead atoms. The van der Waals surface area contributed by atoms with E-state index in [1.807, 2.05) is 0 Å². The van der Waals surface area contributed by atoms with Gasteiger partial charge in [-0.25, -0.2) is 22.7 Å². The Bertz CT molecular complexity index is 1000. The molecule has 4 rings (SSSR count). The van der Waals surface area contributed by atoms with Crippen LogP contribution in [-0.2, 0) is 16.6 Å². The first-order chi connectivity index (χ1) is 12.3. The maximum absolute atomic E-state index is 14.5. The summed E-state index contributed by atoms with van der Waals surface area (Å²) >= 11 is 0. The van der Waals surface area contributed by atoms with Crippen molar-refractivity contribution in [3.05, 3.63) is 28.5 Å². The lowest BCUT2D eigenvalue weighted by molar-refractivity contribution is 0.264. The second kappa shape index (κ2) is 6.17. The highest BCUT2D eigenvalue weighted by Gasteiger charge is 2.45. The van der Waals surface area contributed by atoms with Crippen LogP contribution in [0.4, 0.5) is 4.39 Å². The summed E-state index contributed by atoms with van der Waals surface area (Å²) in [6.45, 7) is 2.51. The number of fused-ring (bicyclic) bond motifs is 1. The smallest absolute Gasteiger partial charge is 0.404 e. The Labute approximate surface area is 150 Å². The predicted molar refractivity (Wildman–Crippen MR) is 93.7 cm³/mol. The maximum Gasteiger partial charge on any atom is 0.420 e. The molecule has 0 spiro atoms. The van der Waals surface area contributed by atoms with Gasteiger partial charge in [0, 0.05) is 6.54 Å². The zero-order valence-corrected chi connectivity index (χ0v) is 15.1. The number of rotatable bonds is 5. The number of primary sulfonamides is 1. The largest absolute Gasteiger partial charge is 0.420 e. The molecular formula is C17H22FN3O4S. The predicted octanol–water partition coefficient (Wildman–Crippen LogP) is 1.55. The van der Waals surface area contributed by atoms with E-state index in [0.717, 1.165) is 44.8 Å². The number of halogens is 1. The van der Waals surface area contributed by atoms with Gasteiger partial charge in [0.05, 0.1) is 5.52 Å². The van der Waals surface area contributed by atoms with Gasteiger partial charge in [-0.15, -0.1) is 0 Å². The molecule has 1 saturated heterocycles. The van der Waals surface area contributed by atoms with Crippen molar-refractivity contribution in [3.8, 4) is 0 Å². The van der Waals surface area contributed by atoms with Gasteiger partial charge in [0.1, 0.15) is 4.90 Å². The first-order valence-corrected chi connectivity index (χ1v) is 10.4. The molecule has 1 atom stereocenters. The molecule has 9 heteroatoms. The average Bonchev–Trinajstić information content (AvgIpc) is 3.26. The highest BCUT2D eigenvalue weighted by molar-refractivity contribution is 7.89. The van der Waals surface area contributed by atoms with Crippen molar-refractivity contribution in [2.75, 3.05) is 13.1 Å². The molecule has 1 saturated carbocycles. The quantitative estimate of drug-likeness (QED) is 0.815. The second-order valence-corrected chi connectivity index (χ2v) is 9.17. The lowest BCUT2D eigenvalue weighted by atomic mass is 9.87. The van der Waals surface area contributed by atoms with Gasteiger partial charge in [-0.3, -0.25) is 4.57 Å². The Morgan fingerprint density at radius 1 is 1.38 bits per heavy atom. The van der Waals surface area contributed by atoms with Crippen LogP contribution in [0.1, 0.15) is 32.1 Å². The van der Waals surface area contributed by atoms with Crippen molar-refractivity contribution < 1.29 is 17.2 Å². The van der Waals surface area contributed by atoms with Crippen LogP contribution in [0.5, 0.6) is 0 Å². The van der Waals surface area contributed by atoms with Crippen molar-refractivity contribution in [2.45, 2.75) is 43.5 Å². The molecule has 0 radical (unpaired) electrons. The molecular weight excluding hydrogens is 361 g/mol. The van der Waals surface area contributed by atoms with E-state index in [1.165, 1.54) is 17.1 Å². The number of sulfonamides is 1. The summed E-state index contributed by atoms with van der Waals surface area (Å²) < 4.78 is 43.8. The van der Waals surface area contributed by atoms with Crippen molar-refractivity contribution in [2.24, 2.45) is 16.5 Å². The molecule has 2 heterocycles. The molecule has 2 aromatic rings. The Morgan fingerprint density at radius 2 is 2.15 bits per heavy atom. The summed E-state index contributed by atoms with van der Waals surface area (Å²) in [5.41, 5.74) is -0.0380. The van der Waals surface area contributed by atoms with Gasteiger partial charge in [0.2, 0.25) is 10.0 Å². The van der Waals surface area contributed by atoms with Crippen molar-refractivity contribution in [3.63, 3.8) is 0 Å². The summed E-state index contributed by atoms with van der Waals surface area (Å²) in [7, 11) is -4.22. The third-order valence-electron chi connectivity index (χ3n) is 5.62. The zero-order chi connectivity index (χ0) is 18.5. The van der Waals surface area contributed by atoms with E-state index < -0.39 is 26.5 Å². The fraction of sp³-hybridized carbons (Fsp3) is 0.588. The summed E-state index contributed by atoms with van der Waals surface area (Å²) in [5.74, 6) is -1.19. The standard InChI is InChI=1S/C17H22FN3O4S/c18-14-13(26(19,23)24)4-3-12-15(14)25-16(22)21(12)10-17(5-6-17)8-11-2-1-7-20-9-11/h3-4,11,20H,1-2,5-10H2,(H2,19,23,24). The van der Waals surface area contributed by atoms with Crippen LogP contribution in [-0.4, -0.2) is 26.1 Å². The van der Waals surface area contributed by atoms with Crippen molar-refractivity contribution in [1.29, 1.82) is 0 Å². The molecule has 3 N–H and O–H groups in total. The van der Waals surface area contributed by atoms with Crippen LogP contribution >= 0.6 is 0 Å². The van der Waals surface area contributed by atoms with E-state index in [4.69, 9.17) is 9.56 Å². The van der Waals surface area contributed by atoms with E-state index in [1.54, 1.807) is 0 Å². The van der Waals surface area contributed by atoms with Crippen LogP contribution < -0.4 is 16.2 Å². The Balaban J connectivity index is 1.66. The van der Waals surface area contributed by atoms with Crippen molar-refractivity contribution >= 4 is 21.1 Å². The number of nitrogens with zero attached hydrogens (tertiary/aromatic N) is 1. The molecule has 1 unspecified atom stereocenters. The topological polar surface area (TPSA) is 107 Å². The van der Waals surface area contributed by atoms with Gasteiger partial charge in [-0.1, -0.05) is 0 Å². The van der Waals surface area contributed by atoms with E-state index in [-0.39, 0.29) is 16.5 Å². The normalized spacial score (nSPS) is 22.6. The lowest BCUT2D eigenvalue weighted by Crippen LogP contribution is -2.32. The van der Waals surface area contributed by atoms with Crippen molar-refractivity contribution in [1.82, 2.24) is 9.88 Å². The van der Waals surface area contributed by atoms with E-state index in [9.17, 15) is 17.6 Å². The molecule has 142 valence electrons. The average molecular weight is 383 g/mol. The Hall–Kier alpha value is -1.71. The number of nitrogens with two attached hydrogens (primary N) is 1. The third-order valence-corrected chi connectivity index (χ3v) is 6.55. The van der Waals surface area contributed by atoms with Crippen LogP contribution in [0.2, 0.25) is 0 Å². The SMILES string of the molecule is NS(=O)(=O)c1ccc2c(oc(=O)n2CC2(CC3CCCNC3)CC2)c1F. The number of hydrogen-bond acceptors (Lipinski definition) is 5. The van der Waals surface area contributed by atoms with Crippen LogP contribution in [0, 0.1) is 17.2 Å². The first kappa shape index (κ1) is 17.7. The van der Waals surface area contributed by atoms with E-state index in [2.05, 4.69) is 5.32 Å². The van der Waals surface area contributed by atoms with Gasteiger partial charge in [-0.2, -0.15) is 0 Å². The maximum atomic E-state index is 14.5. The summed E-state index contributed by atoms with van der Waals surface area (Å²) in [4.78, 5) is 11.6. The molecule has 1 aromatic carbocycles. The fourth-order valence-corrected chi connectivity index (χ4v) is 4.70. The summed E-state index contributed by atoms with van der Waals surface area (Å²) in [6, 6.07) is 2.48. The number of oxazole rings is 1. The monoisotopic (exact) mass is 383 g/mol. The van der Waals surface area contributed by atoms with E-state index in [0.29, 0.717) is 12.5 Å². The van der Waals surface area contributed by atoms with Gasteiger partial charge < -0.3 is 9.73 Å². The molecule has 7 nitrogen and oxygen atoms in total. The molecule has 0 amide bonds. The number of piperidine rings is 1. The van der Waals surface area contributed by atoms with Gasteiger partial charge in [-0.05, 0) is 68.7 Å². The number of aromatic nitrogens is 1. The van der Waals surface area contributed by atoms with Gasteiger partial charge in [0.25, 0.3) is 0 Å². The minimum absolute atomic E-state index is 0.0411. The number of hydrogen-bond donors (Lipinski definition) is 2. The molecule has 1 aliphatic carbocycles. The second-order valence-electron chi connectivity index (χ2n) is 7.64. The third kappa shape index (κ3) is 3.19. The first-order valence-electron chi connectivity index (χ1n) is 8.84. The van der Waals surface area contributed by atoms with Gasteiger partial charge >= 0.3 is 5.76 Å². The molecule has 26 heavy (non-hydrogen) atoms. The Morgan fingerprint density at radius 3 is 2.77 bits per heavy atom. The van der Waals surface area contributed by atoms with Crippen LogP contribution in [0.15, 0.2) is 26.2 Å². The minimum atomic E-state index is -4.22. The van der Waals surface area contributed by atoms with Gasteiger partial charge in [0.15, 0.2) is 11.4 Å². The molecule has 2 aliphatic rings. The Kier molecular flexibility index (Phi) is 4.20. The molecule has 1 aliphatic heterocycles. The molecule has 1 aromatic heterocycles. The highest BCUT2D eigenvalue weighted by atomic mass is 32.2.